The molecule has 0 atom stereocenters. The fourth-order valence-corrected chi connectivity index (χ4v) is 1.60. The van der Waals surface area contributed by atoms with Crippen molar-refractivity contribution >= 4 is 0 Å². The average molecular weight is 246 g/mol. The van der Waals surface area contributed by atoms with Crippen LogP contribution in [0.2, 0.25) is 0 Å². The van der Waals surface area contributed by atoms with Crippen LogP contribution < -0.4 is 10.1 Å². The van der Waals surface area contributed by atoms with Gasteiger partial charge in [-0.05, 0) is 19.5 Å². The van der Waals surface area contributed by atoms with E-state index < -0.39 is 0 Å². The van der Waals surface area contributed by atoms with E-state index >= 15 is 0 Å². The normalized spacial score (nSPS) is 10.6. The van der Waals surface area contributed by atoms with Gasteiger partial charge in [0.2, 0.25) is 0 Å². The highest BCUT2D eigenvalue weighted by Crippen LogP contribution is 2.23. The topological polar surface area (TPSA) is 52.0 Å². The van der Waals surface area contributed by atoms with E-state index in [0.29, 0.717) is 0 Å². The zero-order valence-corrected chi connectivity index (χ0v) is 10.8. The van der Waals surface area contributed by atoms with E-state index in [9.17, 15) is 0 Å². The Kier molecular flexibility index (Phi) is 4.30. The molecular formula is C13H18N4O. The Morgan fingerprint density at radius 1 is 1.33 bits per heavy atom. The minimum absolute atomic E-state index is 0.751. The van der Waals surface area contributed by atoms with Gasteiger partial charge < -0.3 is 10.1 Å². The van der Waals surface area contributed by atoms with Crippen LogP contribution in [0.4, 0.5) is 0 Å². The maximum absolute atomic E-state index is 5.83. The van der Waals surface area contributed by atoms with Gasteiger partial charge in [0.1, 0.15) is 5.75 Å². The van der Waals surface area contributed by atoms with E-state index in [-0.39, 0.29) is 0 Å². The monoisotopic (exact) mass is 246 g/mol. The molecule has 5 nitrogen and oxygen atoms in total. The predicted octanol–water partition coefficient (Wildman–Crippen LogP) is 2.20. The molecule has 5 heteroatoms. The first-order chi connectivity index (χ1) is 8.83. The van der Waals surface area contributed by atoms with Crippen molar-refractivity contribution in [1.82, 2.24) is 20.1 Å². The van der Waals surface area contributed by atoms with Gasteiger partial charge in [-0.15, -0.1) is 0 Å². The largest absolute Gasteiger partial charge is 0.454 e. The van der Waals surface area contributed by atoms with Gasteiger partial charge in [-0.25, -0.2) is 0 Å². The Morgan fingerprint density at radius 2 is 2.22 bits per heavy atom. The Hall–Kier alpha value is -1.88. The van der Waals surface area contributed by atoms with Gasteiger partial charge in [-0.3, -0.25) is 9.67 Å². The van der Waals surface area contributed by atoms with Crippen molar-refractivity contribution in [1.29, 1.82) is 0 Å². The molecule has 0 saturated heterocycles. The minimum atomic E-state index is 0.751. The summed E-state index contributed by atoms with van der Waals surface area (Å²) in [5, 5.41) is 7.45. The number of aromatic nitrogens is 3. The second-order valence-corrected chi connectivity index (χ2v) is 3.90. The van der Waals surface area contributed by atoms with Crippen LogP contribution in [0, 0.1) is 0 Å². The molecule has 0 unspecified atom stereocenters. The molecule has 0 saturated carbocycles. The molecule has 2 aromatic heterocycles. The van der Waals surface area contributed by atoms with E-state index in [1.807, 2.05) is 30.1 Å². The van der Waals surface area contributed by atoms with Crippen LogP contribution >= 0.6 is 0 Å². The Morgan fingerprint density at radius 3 is 2.94 bits per heavy atom. The number of rotatable bonds is 6. The Labute approximate surface area is 107 Å². The molecule has 0 amide bonds. The number of pyridine rings is 1. The van der Waals surface area contributed by atoms with Gasteiger partial charge in [0.25, 0.3) is 0 Å². The van der Waals surface area contributed by atoms with Crippen molar-refractivity contribution < 1.29 is 4.74 Å². The highest BCUT2D eigenvalue weighted by Gasteiger charge is 2.06. The summed E-state index contributed by atoms with van der Waals surface area (Å²) in [5.74, 6) is 1.57. The van der Waals surface area contributed by atoms with Crippen molar-refractivity contribution in [3.8, 4) is 11.5 Å². The molecule has 0 aromatic carbocycles. The van der Waals surface area contributed by atoms with Crippen molar-refractivity contribution in [3.05, 3.63) is 36.4 Å². The number of ether oxygens (including phenoxy) is 1. The van der Waals surface area contributed by atoms with Gasteiger partial charge in [-0.2, -0.15) is 5.10 Å². The summed E-state index contributed by atoms with van der Waals surface area (Å²) in [5.41, 5.74) is 1.04. The third kappa shape index (κ3) is 3.07. The van der Waals surface area contributed by atoms with Gasteiger partial charge in [0.15, 0.2) is 5.75 Å². The number of aryl methyl sites for hydroxylation is 1. The lowest BCUT2D eigenvalue weighted by atomic mass is 10.2. The van der Waals surface area contributed by atoms with Crippen LogP contribution in [0.1, 0.15) is 19.4 Å². The molecule has 96 valence electrons. The van der Waals surface area contributed by atoms with Gasteiger partial charge in [0.05, 0.1) is 12.4 Å². The van der Waals surface area contributed by atoms with Crippen molar-refractivity contribution in [2.75, 3.05) is 6.54 Å². The summed E-state index contributed by atoms with van der Waals surface area (Å²) >= 11 is 0. The van der Waals surface area contributed by atoms with Crippen LogP contribution in [-0.2, 0) is 13.1 Å². The maximum atomic E-state index is 5.83. The molecule has 0 aliphatic rings. The van der Waals surface area contributed by atoms with E-state index in [0.717, 1.165) is 36.7 Å². The SMILES string of the molecule is CCNCc1cnccc1Oc1cnn(CC)c1. The van der Waals surface area contributed by atoms with Crippen LogP contribution in [0.3, 0.4) is 0 Å². The molecule has 0 radical (unpaired) electrons. The van der Waals surface area contributed by atoms with E-state index in [2.05, 4.69) is 22.3 Å². The van der Waals surface area contributed by atoms with Crippen molar-refractivity contribution in [2.45, 2.75) is 26.9 Å². The predicted molar refractivity (Wildman–Crippen MR) is 69.6 cm³/mol. The Bertz CT molecular complexity index is 495. The zero-order valence-electron chi connectivity index (χ0n) is 10.8. The fourth-order valence-electron chi connectivity index (χ4n) is 1.60. The smallest absolute Gasteiger partial charge is 0.165 e. The van der Waals surface area contributed by atoms with E-state index in [1.54, 1.807) is 12.4 Å². The second kappa shape index (κ2) is 6.16. The summed E-state index contributed by atoms with van der Waals surface area (Å²) in [6.45, 7) is 6.62. The van der Waals surface area contributed by atoms with Gasteiger partial charge in [0, 0.05) is 31.0 Å². The molecule has 0 aliphatic heterocycles. The van der Waals surface area contributed by atoms with E-state index in [1.165, 1.54) is 0 Å². The van der Waals surface area contributed by atoms with Crippen LogP contribution in [-0.4, -0.2) is 21.3 Å². The highest BCUT2D eigenvalue weighted by atomic mass is 16.5. The molecule has 2 heterocycles. The molecular weight excluding hydrogens is 228 g/mol. The first kappa shape index (κ1) is 12.6. The standard InChI is InChI=1S/C13H18N4O/c1-3-14-7-11-8-15-6-5-13(11)18-12-9-16-17(4-2)10-12/h5-6,8-10,14H,3-4,7H2,1-2H3. The number of hydrogen-bond acceptors (Lipinski definition) is 4. The molecule has 0 fully saturated rings. The van der Waals surface area contributed by atoms with E-state index in [4.69, 9.17) is 4.74 Å². The van der Waals surface area contributed by atoms with Gasteiger partial charge in [-0.1, -0.05) is 6.92 Å². The van der Waals surface area contributed by atoms with Crippen LogP contribution in [0.15, 0.2) is 30.9 Å². The molecule has 0 aliphatic carbocycles. The number of nitrogens with one attached hydrogen (secondary N) is 1. The van der Waals surface area contributed by atoms with Crippen molar-refractivity contribution in [2.24, 2.45) is 0 Å². The van der Waals surface area contributed by atoms with Gasteiger partial charge >= 0.3 is 0 Å². The fraction of sp³-hybridized carbons (Fsp3) is 0.385. The number of hydrogen-bond donors (Lipinski definition) is 1. The van der Waals surface area contributed by atoms with Crippen LogP contribution in [0.25, 0.3) is 0 Å². The van der Waals surface area contributed by atoms with Crippen molar-refractivity contribution in [3.63, 3.8) is 0 Å². The lowest BCUT2D eigenvalue weighted by Gasteiger charge is -2.09. The minimum Gasteiger partial charge on any atom is -0.454 e. The maximum Gasteiger partial charge on any atom is 0.165 e. The molecule has 0 bridgehead atoms. The van der Waals surface area contributed by atoms with Crippen LogP contribution in [0.5, 0.6) is 11.5 Å². The Balaban J connectivity index is 2.12. The summed E-state index contributed by atoms with van der Waals surface area (Å²) in [7, 11) is 0. The average Bonchev–Trinajstić information content (AvgIpc) is 2.85. The third-order valence-corrected chi connectivity index (χ3v) is 2.59. The quantitative estimate of drug-likeness (QED) is 0.849. The molecule has 0 spiro atoms. The summed E-state index contributed by atoms with van der Waals surface area (Å²) in [6.07, 6.45) is 7.16. The summed E-state index contributed by atoms with van der Waals surface area (Å²) in [4.78, 5) is 4.12. The summed E-state index contributed by atoms with van der Waals surface area (Å²) < 4.78 is 7.66. The first-order valence-electron chi connectivity index (χ1n) is 6.17. The number of nitrogens with zero attached hydrogens (tertiary/aromatic N) is 3. The lowest BCUT2D eigenvalue weighted by molar-refractivity contribution is 0.471. The first-order valence-corrected chi connectivity index (χ1v) is 6.17. The molecule has 2 aromatic rings. The lowest BCUT2D eigenvalue weighted by Crippen LogP contribution is -2.12. The second-order valence-electron chi connectivity index (χ2n) is 3.90. The molecule has 18 heavy (non-hydrogen) atoms. The highest BCUT2D eigenvalue weighted by molar-refractivity contribution is 5.34. The molecule has 2 rings (SSSR count). The third-order valence-electron chi connectivity index (χ3n) is 2.59. The zero-order chi connectivity index (χ0) is 12.8. The summed E-state index contributed by atoms with van der Waals surface area (Å²) in [6, 6.07) is 1.87. The molecule has 1 N–H and O–H groups in total.